The number of aliphatic hydroxyl groups excluding tert-OH is 1. The van der Waals surface area contributed by atoms with Gasteiger partial charge < -0.3 is 5.11 Å². The Morgan fingerprint density at radius 3 is 2.22 bits per heavy atom. The molecule has 1 N–H and O–H groups in total. The fraction of sp³-hybridized carbons (Fsp3) is 1.00. The van der Waals surface area contributed by atoms with E-state index < -0.39 is 20.7 Å². The number of halogens is 1. The highest BCUT2D eigenvalue weighted by atomic mass is 35.5. The molecule has 0 aromatic carbocycles. The molecule has 0 radical (unpaired) electrons. The Morgan fingerprint density at radius 1 is 1.56 bits per heavy atom. The topological polar surface area (TPSA) is 54.4 Å². The number of rotatable bonds is 0. The molecular weight excluding hydrogens is 164 g/mol. The molecule has 0 spiro atoms. The van der Waals surface area contributed by atoms with Gasteiger partial charge in [0.25, 0.3) is 0 Å². The lowest BCUT2D eigenvalue weighted by molar-refractivity contribution is 0.249. The molecular formula is C4H7ClO3S. The van der Waals surface area contributed by atoms with Crippen molar-refractivity contribution >= 4 is 21.4 Å². The second-order valence-corrected chi connectivity index (χ2v) is 4.94. The molecule has 1 aliphatic heterocycles. The van der Waals surface area contributed by atoms with Crippen LogP contribution in [0.15, 0.2) is 0 Å². The molecule has 0 aliphatic carbocycles. The van der Waals surface area contributed by atoms with Gasteiger partial charge >= 0.3 is 0 Å². The molecule has 54 valence electrons. The smallest absolute Gasteiger partial charge is 0.178 e. The molecule has 9 heavy (non-hydrogen) atoms. The fourth-order valence-electron chi connectivity index (χ4n) is 0.797. The highest BCUT2D eigenvalue weighted by Crippen LogP contribution is 2.22. The summed E-state index contributed by atoms with van der Waals surface area (Å²) in [4.78, 5) is 0. The molecule has 2 atom stereocenters. The maximum Gasteiger partial charge on any atom is 0.178 e. The minimum atomic E-state index is -3.25. The van der Waals surface area contributed by atoms with Crippen molar-refractivity contribution in [3.63, 3.8) is 0 Å². The fourth-order valence-corrected chi connectivity index (χ4v) is 2.99. The first-order valence-corrected chi connectivity index (χ1v) is 4.71. The first-order chi connectivity index (χ1) is 4.02. The summed E-state index contributed by atoms with van der Waals surface area (Å²) in [6.45, 7) is 0. The van der Waals surface area contributed by atoms with Crippen LogP contribution in [-0.4, -0.2) is 30.1 Å². The Labute approximate surface area is 58.6 Å². The third kappa shape index (κ3) is 1.36. The van der Waals surface area contributed by atoms with Crippen LogP contribution >= 0.6 is 11.6 Å². The van der Waals surface area contributed by atoms with Gasteiger partial charge in [0.15, 0.2) is 15.3 Å². The van der Waals surface area contributed by atoms with Gasteiger partial charge in [-0.3, -0.25) is 0 Å². The van der Waals surface area contributed by atoms with Gasteiger partial charge in [-0.05, 0) is 0 Å². The van der Waals surface area contributed by atoms with Crippen molar-refractivity contribution in [3.05, 3.63) is 0 Å². The molecule has 1 aliphatic rings. The van der Waals surface area contributed by atoms with E-state index in [-0.39, 0.29) is 12.2 Å². The first kappa shape index (κ1) is 7.31. The van der Waals surface area contributed by atoms with Crippen LogP contribution in [0.4, 0.5) is 0 Å². The molecule has 0 aromatic heterocycles. The van der Waals surface area contributed by atoms with Crippen molar-refractivity contribution < 1.29 is 13.5 Å². The quantitative estimate of drug-likeness (QED) is 0.510. The van der Waals surface area contributed by atoms with Gasteiger partial charge in [-0.25, -0.2) is 8.42 Å². The zero-order valence-electron chi connectivity index (χ0n) is 4.62. The van der Waals surface area contributed by atoms with E-state index in [1.807, 2.05) is 0 Å². The van der Waals surface area contributed by atoms with E-state index in [2.05, 4.69) is 0 Å². The van der Waals surface area contributed by atoms with E-state index in [0.29, 0.717) is 0 Å². The van der Waals surface area contributed by atoms with Crippen molar-refractivity contribution in [2.24, 2.45) is 0 Å². The van der Waals surface area contributed by atoms with Crippen LogP contribution in [0.1, 0.15) is 6.42 Å². The number of alkyl halides is 1. The molecule has 5 heteroatoms. The van der Waals surface area contributed by atoms with Gasteiger partial charge in [0.1, 0.15) is 0 Å². The summed E-state index contributed by atoms with van der Waals surface area (Å²) in [6, 6.07) is 0. The Morgan fingerprint density at radius 2 is 2.11 bits per heavy atom. The van der Waals surface area contributed by atoms with E-state index in [9.17, 15) is 8.42 Å². The van der Waals surface area contributed by atoms with Crippen LogP contribution < -0.4 is 0 Å². The highest BCUT2D eigenvalue weighted by Gasteiger charge is 2.35. The molecule has 1 fully saturated rings. The predicted octanol–water partition coefficient (Wildman–Crippen LogP) is -0.269. The molecule has 1 heterocycles. The Hall–Kier alpha value is 0.200. The highest BCUT2D eigenvalue weighted by molar-refractivity contribution is 7.92. The molecule has 0 bridgehead atoms. The maximum atomic E-state index is 10.6. The lowest BCUT2D eigenvalue weighted by Crippen LogP contribution is -2.13. The van der Waals surface area contributed by atoms with E-state index in [4.69, 9.17) is 16.7 Å². The largest absolute Gasteiger partial charge is 0.377 e. The van der Waals surface area contributed by atoms with Crippen molar-refractivity contribution in [2.75, 3.05) is 5.75 Å². The first-order valence-electron chi connectivity index (χ1n) is 2.56. The summed E-state index contributed by atoms with van der Waals surface area (Å²) in [5, 5.41) is 8.36. The summed E-state index contributed by atoms with van der Waals surface area (Å²) in [5.74, 6) is -0.0876. The molecule has 0 saturated carbocycles. The van der Waals surface area contributed by atoms with Crippen molar-refractivity contribution in [1.29, 1.82) is 0 Å². The molecule has 0 aromatic rings. The van der Waals surface area contributed by atoms with Crippen LogP contribution in [0.2, 0.25) is 0 Å². The van der Waals surface area contributed by atoms with E-state index >= 15 is 0 Å². The maximum absolute atomic E-state index is 10.6. The van der Waals surface area contributed by atoms with Gasteiger partial charge in [-0.1, -0.05) is 0 Å². The average Bonchev–Trinajstić information content (AvgIpc) is 1.79. The van der Waals surface area contributed by atoms with E-state index in [1.165, 1.54) is 0 Å². The van der Waals surface area contributed by atoms with Gasteiger partial charge in [0.2, 0.25) is 0 Å². The SMILES string of the molecule is O=S1(=O)C[C@@H](Cl)C[C@@H]1O. The van der Waals surface area contributed by atoms with Crippen LogP contribution in [0, 0.1) is 0 Å². The van der Waals surface area contributed by atoms with Gasteiger partial charge in [0, 0.05) is 6.42 Å². The summed E-state index contributed by atoms with van der Waals surface area (Å²) < 4.78 is 21.3. The summed E-state index contributed by atoms with van der Waals surface area (Å²) in [7, 11) is -3.25. The van der Waals surface area contributed by atoms with Gasteiger partial charge in [0.05, 0.1) is 11.1 Å². The molecule has 3 nitrogen and oxygen atoms in total. The minimum absolute atomic E-state index is 0.0876. The monoisotopic (exact) mass is 170 g/mol. The predicted molar refractivity (Wildman–Crippen MR) is 34.1 cm³/mol. The van der Waals surface area contributed by atoms with Crippen molar-refractivity contribution in [2.45, 2.75) is 17.2 Å². The summed E-state index contributed by atoms with van der Waals surface area (Å²) in [6.07, 6.45) is 0.171. The summed E-state index contributed by atoms with van der Waals surface area (Å²) in [5.41, 5.74) is -1.22. The minimum Gasteiger partial charge on any atom is -0.377 e. The molecule has 0 unspecified atom stereocenters. The Bertz CT molecular complexity index is 198. The molecule has 1 saturated heterocycles. The Kier molecular flexibility index (Phi) is 1.71. The van der Waals surface area contributed by atoms with Crippen molar-refractivity contribution in [3.8, 4) is 0 Å². The number of hydrogen-bond donors (Lipinski definition) is 1. The van der Waals surface area contributed by atoms with E-state index in [0.717, 1.165) is 0 Å². The van der Waals surface area contributed by atoms with Crippen LogP contribution in [0.3, 0.4) is 0 Å². The van der Waals surface area contributed by atoms with Crippen LogP contribution in [0.25, 0.3) is 0 Å². The summed E-state index contributed by atoms with van der Waals surface area (Å²) >= 11 is 5.45. The second kappa shape index (κ2) is 2.11. The van der Waals surface area contributed by atoms with Gasteiger partial charge in [-0.2, -0.15) is 0 Å². The Balaban J connectivity index is 2.83. The van der Waals surface area contributed by atoms with Crippen LogP contribution in [-0.2, 0) is 9.84 Å². The van der Waals surface area contributed by atoms with Crippen LogP contribution in [0.5, 0.6) is 0 Å². The van der Waals surface area contributed by atoms with Crippen molar-refractivity contribution in [1.82, 2.24) is 0 Å². The zero-order chi connectivity index (χ0) is 7.07. The normalized spacial score (nSPS) is 41.1. The van der Waals surface area contributed by atoms with E-state index in [1.54, 1.807) is 0 Å². The lowest BCUT2D eigenvalue weighted by atomic mass is 10.4. The number of sulfone groups is 1. The lowest BCUT2D eigenvalue weighted by Gasteiger charge is -1.95. The third-order valence-electron chi connectivity index (χ3n) is 1.29. The molecule has 0 amide bonds. The second-order valence-electron chi connectivity index (χ2n) is 2.12. The number of hydrogen-bond acceptors (Lipinski definition) is 3. The standard InChI is InChI=1S/C4H7ClO3S/c5-3-1-4(6)9(7,8)2-3/h3-4,6H,1-2H2/t3-,4+/m0/s1. The molecule has 1 rings (SSSR count). The number of aliphatic hydroxyl groups is 1. The van der Waals surface area contributed by atoms with Gasteiger partial charge in [-0.15, -0.1) is 11.6 Å². The zero-order valence-corrected chi connectivity index (χ0v) is 6.19. The average molecular weight is 171 g/mol. The third-order valence-corrected chi connectivity index (χ3v) is 3.69.